The van der Waals surface area contributed by atoms with E-state index in [4.69, 9.17) is 23.7 Å². The van der Waals surface area contributed by atoms with Gasteiger partial charge in [0.15, 0.2) is 0 Å². The van der Waals surface area contributed by atoms with Gasteiger partial charge in [-0.1, -0.05) is 140 Å². The molecule has 0 saturated carbocycles. The summed E-state index contributed by atoms with van der Waals surface area (Å²) < 4.78 is 27.7. The average molecular weight is 1040 g/mol. The maximum absolute atomic E-state index is 13.3. The summed E-state index contributed by atoms with van der Waals surface area (Å²) in [6, 6.07) is 18.0. The minimum atomic E-state index is -0.801. The number of aromatic hydroxyl groups is 1. The molecule has 0 fully saturated rings. The van der Waals surface area contributed by atoms with Crippen LogP contribution in [-0.2, 0) is 42.9 Å². The van der Waals surface area contributed by atoms with Gasteiger partial charge in [-0.2, -0.15) is 15.0 Å². The molecule has 17 nitrogen and oxygen atoms in total. The molecule has 1 aromatic heterocycles. The fourth-order valence-electron chi connectivity index (χ4n) is 6.38. The van der Waals surface area contributed by atoms with E-state index in [1.54, 1.807) is 54.6 Å². The molecule has 1 atom stereocenters. The molecule has 1 heterocycles. The van der Waals surface area contributed by atoms with Crippen LogP contribution in [0.1, 0.15) is 144 Å². The molecular formula is C58H78N6O11. The first-order valence-electron chi connectivity index (χ1n) is 25.4. The Morgan fingerprint density at radius 1 is 0.520 bits per heavy atom. The Bertz CT molecular complexity index is 2450. The minimum Gasteiger partial charge on any atom is -0.507 e. The molecule has 0 saturated heterocycles. The normalized spacial score (nSPS) is 12.1. The largest absolute Gasteiger partial charge is 0.507 e. The van der Waals surface area contributed by atoms with E-state index in [1.165, 1.54) is 24.3 Å². The van der Waals surface area contributed by atoms with E-state index in [1.807, 2.05) is 83.1 Å². The third kappa shape index (κ3) is 22.0. The summed E-state index contributed by atoms with van der Waals surface area (Å²) in [5, 5.41) is 20.2. The van der Waals surface area contributed by atoms with Gasteiger partial charge in [-0.05, 0) is 99.7 Å². The van der Waals surface area contributed by atoms with Crippen LogP contribution >= 0.6 is 0 Å². The quantitative estimate of drug-likeness (QED) is 0.0135. The lowest BCUT2D eigenvalue weighted by molar-refractivity contribution is -0.151. The molecule has 0 aliphatic heterocycles. The highest BCUT2D eigenvalue weighted by molar-refractivity contribution is 6.18. The predicted octanol–water partition coefficient (Wildman–Crippen LogP) is 12.3. The SMILES string of the molecule is CCCCC(CC)COC(=O)c1cc(Nc2nc(Nc3ccc(C=C(C(=O)OCC(C)(C)C)C(=O)OCC(C)(C)C)cc3)nc(Nc3ccc(C=C(C(=O)OCC(C)(C)C)C(=O)OCC(C)(C)C)cc3)n2)ccc1O. The van der Waals surface area contributed by atoms with Crippen LogP contribution in [0.25, 0.3) is 12.2 Å². The molecule has 0 radical (unpaired) electrons. The lowest BCUT2D eigenvalue weighted by atomic mass is 9.98. The monoisotopic (exact) mass is 1030 g/mol. The first kappa shape index (κ1) is 60.3. The number of carbonyl (C=O) groups excluding carboxylic acids is 5. The molecule has 4 rings (SSSR count). The number of hydrogen-bond donors (Lipinski definition) is 4. The highest BCUT2D eigenvalue weighted by Crippen LogP contribution is 2.28. The molecule has 1 unspecified atom stereocenters. The zero-order valence-corrected chi connectivity index (χ0v) is 46.3. The number of esters is 5. The van der Waals surface area contributed by atoms with Crippen LogP contribution in [0.4, 0.5) is 34.9 Å². The Labute approximate surface area is 442 Å². The summed E-state index contributed by atoms with van der Waals surface area (Å²) in [5.74, 6) is -3.72. The maximum atomic E-state index is 13.3. The summed E-state index contributed by atoms with van der Waals surface area (Å²) >= 11 is 0. The van der Waals surface area contributed by atoms with Gasteiger partial charge in [0.1, 0.15) is 22.5 Å². The van der Waals surface area contributed by atoms with E-state index in [0.29, 0.717) is 28.2 Å². The molecule has 0 spiro atoms. The number of nitrogens with zero attached hydrogens (tertiary/aromatic N) is 3. The second-order valence-corrected chi connectivity index (χ2v) is 23.3. The van der Waals surface area contributed by atoms with Gasteiger partial charge in [0.25, 0.3) is 0 Å². The van der Waals surface area contributed by atoms with Crippen molar-refractivity contribution >= 4 is 76.9 Å². The van der Waals surface area contributed by atoms with Crippen LogP contribution in [0.5, 0.6) is 5.75 Å². The van der Waals surface area contributed by atoms with Crippen molar-refractivity contribution in [1.82, 2.24) is 15.0 Å². The summed E-state index contributed by atoms with van der Waals surface area (Å²) in [6.07, 6.45) is 6.66. The number of aromatic nitrogens is 3. The lowest BCUT2D eigenvalue weighted by Crippen LogP contribution is -2.25. The number of phenols is 1. The summed E-state index contributed by atoms with van der Waals surface area (Å²) in [4.78, 5) is 80.1. The van der Waals surface area contributed by atoms with Crippen LogP contribution in [-0.4, -0.2) is 82.9 Å². The Hall–Kier alpha value is -7.30. The number of anilines is 6. The van der Waals surface area contributed by atoms with Gasteiger partial charge >= 0.3 is 29.8 Å². The van der Waals surface area contributed by atoms with Gasteiger partial charge in [-0.25, -0.2) is 24.0 Å². The molecule has 0 amide bonds. The van der Waals surface area contributed by atoms with Crippen molar-refractivity contribution in [2.75, 3.05) is 49.0 Å². The Kier molecular flexibility index (Phi) is 21.5. The van der Waals surface area contributed by atoms with E-state index >= 15 is 0 Å². The summed E-state index contributed by atoms with van der Waals surface area (Å²) in [6.45, 7) is 27.7. The summed E-state index contributed by atoms with van der Waals surface area (Å²) in [7, 11) is 0. The fourth-order valence-corrected chi connectivity index (χ4v) is 6.38. The van der Waals surface area contributed by atoms with Crippen molar-refractivity contribution in [3.8, 4) is 5.75 Å². The second-order valence-electron chi connectivity index (χ2n) is 23.3. The van der Waals surface area contributed by atoms with Crippen molar-refractivity contribution in [3.05, 3.63) is 94.6 Å². The van der Waals surface area contributed by atoms with Gasteiger partial charge in [0.05, 0.1) is 33.0 Å². The number of benzene rings is 3. The molecule has 0 aliphatic carbocycles. The molecule has 4 aromatic rings. The third-order valence-corrected chi connectivity index (χ3v) is 10.5. The molecular weight excluding hydrogens is 957 g/mol. The number of carbonyl (C=O) groups is 5. The average Bonchev–Trinajstić information content (AvgIpc) is 3.32. The molecule has 0 aliphatic rings. The number of rotatable bonds is 23. The number of ether oxygens (including phenoxy) is 5. The van der Waals surface area contributed by atoms with Gasteiger partial charge in [-0.15, -0.1) is 0 Å². The predicted molar refractivity (Wildman–Crippen MR) is 292 cm³/mol. The van der Waals surface area contributed by atoms with Gasteiger partial charge in [-0.3, -0.25) is 0 Å². The maximum Gasteiger partial charge on any atom is 0.345 e. The lowest BCUT2D eigenvalue weighted by Gasteiger charge is -2.20. The van der Waals surface area contributed by atoms with Crippen molar-refractivity contribution in [1.29, 1.82) is 0 Å². The molecule has 75 heavy (non-hydrogen) atoms. The van der Waals surface area contributed by atoms with Crippen molar-refractivity contribution in [3.63, 3.8) is 0 Å². The van der Waals surface area contributed by atoms with E-state index in [9.17, 15) is 29.1 Å². The topological polar surface area (TPSA) is 226 Å². The Morgan fingerprint density at radius 2 is 0.867 bits per heavy atom. The number of phenolic OH excluding ortho intramolecular Hbond substituents is 1. The number of unbranched alkanes of at least 4 members (excludes halogenated alkanes) is 1. The van der Waals surface area contributed by atoms with E-state index < -0.39 is 29.8 Å². The van der Waals surface area contributed by atoms with Gasteiger partial charge < -0.3 is 44.7 Å². The van der Waals surface area contributed by atoms with E-state index in [2.05, 4.69) is 44.7 Å². The van der Waals surface area contributed by atoms with Gasteiger partial charge in [0.2, 0.25) is 17.8 Å². The molecule has 0 bridgehead atoms. The van der Waals surface area contributed by atoms with Crippen LogP contribution in [0.2, 0.25) is 0 Å². The second kappa shape index (κ2) is 26.8. The molecule has 3 aromatic carbocycles. The third-order valence-electron chi connectivity index (χ3n) is 10.5. The van der Waals surface area contributed by atoms with Crippen molar-refractivity contribution < 1.29 is 52.8 Å². The van der Waals surface area contributed by atoms with Crippen molar-refractivity contribution in [2.45, 2.75) is 123 Å². The standard InChI is InChI=1S/C58H78N6O11/c1-15-17-18-37(16-2)32-71-47(66)43-31-42(27-28-46(43)65)61-54-63-52(59-40-23-19-38(20-24-40)29-44(48(67)72-33-55(3,4)5)49(68)73-34-56(6,7)8)62-53(64-54)60-41-25-21-39(22-26-41)30-45(50(69)74-35-57(9,10)11)51(70)75-36-58(12,13)14/h19-31,37,65H,15-18,32-36H2,1-14H3,(H3,59,60,61,62,63,64). The van der Waals surface area contributed by atoms with E-state index in [-0.39, 0.29) is 101 Å². The van der Waals surface area contributed by atoms with Crippen LogP contribution < -0.4 is 16.0 Å². The zero-order valence-electron chi connectivity index (χ0n) is 46.3. The van der Waals surface area contributed by atoms with E-state index in [0.717, 1.165) is 25.7 Å². The zero-order chi connectivity index (χ0) is 55.7. The van der Waals surface area contributed by atoms with Gasteiger partial charge in [0, 0.05) is 17.1 Å². The van der Waals surface area contributed by atoms with Crippen molar-refractivity contribution in [2.24, 2.45) is 27.6 Å². The van der Waals surface area contributed by atoms with Crippen LogP contribution in [0.3, 0.4) is 0 Å². The highest BCUT2D eigenvalue weighted by Gasteiger charge is 2.28. The minimum absolute atomic E-state index is 0.0412. The highest BCUT2D eigenvalue weighted by atomic mass is 16.6. The fraction of sp³-hybridized carbons (Fsp3) is 0.483. The smallest absolute Gasteiger partial charge is 0.345 e. The Morgan fingerprint density at radius 3 is 1.20 bits per heavy atom. The van der Waals surface area contributed by atoms with Crippen LogP contribution in [0, 0.1) is 27.6 Å². The number of nitrogens with one attached hydrogen (secondary N) is 3. The summed E-state index contributed by atoms with van der Waals surface area (Å²) in [5.41, 5.74) is 0.547. The first-order chi connectivity index (χ1) is 35.0. The molecule has 4 N–H and O–H groups in total. The molecule has 406 valence electrons. The Balaban J connectivity index is 1.70. The number of hydrogen-bond acceptors (Lipinski definition) is 17. The first-order valence-corrected chi connectivity index (χ1v) is 25.4. The molecule has 17 heteroatoms. The van der Waals surface area contributed by atoms with Crippen LogP contribution in [0.15, 0.2) is 77.9 Å².